The minimum Gasteiger partial charge on any atom is -0.481 e. The number of ether oxygens (including phenoxy) is 1. The van der Waals surface area contributed by atoms with Gasteiger partial charge in [-0.15, -0.1) is 0 Å². The van der Waals surface area contributed by atoms with Gasteiger partial charge in [0, 0.05) is 29.8 Å². The van der Waals surface area contributed by atoms with Crippen molar-refractivity contribution in [2.24, 2.45) is 56.2 Å². The molecule has 6 aliphatic carbocycles. The fourth-order valence-corrected chi connectivity index (χ4v) is 12.7. The number of aliphatic hydroxyl groups is 1. The van der Waals surface area contributed by atoms with Gasteiger partial charge in [0.05, 0.1) is 17.9 Å². The molecule has 0 aromatic heterocycles. The molecular formula is C40H63NO6. The molecule has 0 amide bonds. The molecule has 2 unspecified atom stereocenters. The van der Waals surface area contributed by atoms with Gasteiger partial charge in [-0.1, -0.05) is 54.0 Å². The van der Waals surface area contributed by atoms with E-state index in [1.54, 1.807) is 13.8 Å². The maximum atomic E-state index is 13.9. The number of allylic oxidation sites excluding steroid dienone is 1. The number of carbonyl (C=O) groups excluding carboxylic acids is 2. The lowest BCUT2D eigenvalue weighted by atomic mass is 9.33. The predicted octanol–water partition coefficient (Wildman–Crippen LogP) is 7.49. The first kappa shape index (κ1) is 35.1. The van der Waals surface area contributed by atoms with Crippen LogP contribution in [0, 0.1) is 56.2 Å². The highest BCUT2D eigenvalue weighted by atomic mass is 16.5. The van der Waals surface area contributed by atoms with Crippen LogP contribution in [0.25, 0.3) is 0 Å². The molecule has 9 atom stereocenters. The summed E-state index contributed by atoms with van der Waals surface area (Å²) in [5, 5.41) is 25.1. The van der Waals surface area contributed by atoms with Crippen LogP contribution in [0.2, 0.25) is 0 Å². The number of carbonyl (C=O) groups is 3. The molecule has 0 aliphatic heterocycles. The summed E-state index contributed by atoms with van der Waals surface area (Å²) in [6, 6.07) is 0.522. The number of hydrogen-bond donors (Lipinski definition) is 3. The average Bonchev–Trinajstić information content (AvgIpc) is 3.74. The third kappa shape index (κ3) is 5.21. The fourth-order valence-electron chi connectivity index (χ4n) is 12.7. The third-order valence-electron chi connectivity index (χ3n) is 15.7. The Morgan fingerprint density at radius 3 is 2.21 bits per heavy atom. The second-order valence-electron chi connectivity index (χ2n) is 19.3. The summed E-state index contributed by atoms with van der Waals surface area (Å²) in [6.07, 6.45) is 10.0. The minimum absolute atomic E-state index is 0.0347. The first-order valence-electron chi connectivity index (χ1n) is 18.9. The molecule has 5 saturated carbocycles. The number of nitrogens with one attached hydrogen (secondary N) is 1. The van der Waals surface area contributed by atoms with E-state index in [0.717, 1.165) is 56.9 Å². The van der Waals surface area contributed by atoms with Crippen LogP contribution in [0.15, 0.2) is 11.1 Å². The first-order chi connectivity index (χ1) is 21.7. The van der Waals surface area contributed by atoms with E-state index in [0.29, 0.717) is 36.8 Å². The lowest BCUT2D eigenvalue weighted by molar-refractivity contribution is -0.235. The van der Waals surface area contributed by atoms with E-state index in [2.05, 4.69) is 53.8 Å². The number of rotatable bonds is 9. The van der Waals surface area contributed by atoms with Gasteiger partial charge in [-0.2, -0.15) is 0 Å². The Labute approximate surface area is 283 Å². The van der Waals surface area contributed by atoms with Crippen molar-refractivity contribution in [3.8, 4) is 0 Å². The summed E-state index contributed by atoms with van der Waals surface area (Å²) in [6.45, 7) is 20.3. The van der Waals surface area contributed by atoms with Gasteiger partial charge in [0.1, 0.15) is 6.10 Å². The Hall–Kier alpha value is -1.73. The molecule has 0 radical (unpaired) electrons. The summed E-state index contributed by atoms with van der Waals surface area (Å²) in [5.74, 6) is 0.254. The van der Waals surface area contributed by atoms with E-state index in [4.69, 9.17) is 4.74 Å². The Morgan fingerprint density at radius 2 is 1.60 bits per heavy atom. The first-order valence-corrected chi connectivity index (χ1v) is 18.9. The van der Waals surface area contributed by atoms with Crippen molar-refractivity contribution in [1.29, 1.82) is 0 Å². The van der Waals surface area contributed by atoms with E-state index in [1.165, 1.54) is 18.4 Å². The van der Waals surface area contributed by atoms with Gasteiger partial charge in [0.2, 0.25) is 0 Å². The number of ketones is 1. The highest BCUT2D eigenvalue weighted by molar-refractivity contribution is 6.00. The lowest BCUT2D eigenvalue weighted by Crippen LogP contribution is -2.66. The molecule has 6 rings (SSSR count). The van der Waals surface area contributed by atoms with Gasteiger partial charge in [-0.3, -0.25) is 14.4 Å². The molecule has 3 N–H and O–H groups in total. The Bertz CT molecular complexity index is 1340. The molecule has 0 heterocycles. The van der Waals surface area contributed by atoms with E-state index < -0.39 is 28.9 Å². The van der Waals surface area contributed by atoms with E-state index in [1.807, 2.05) is 0 Å². The van der Waals surface area contributed by atoms with Crippen molar-refractivity contribution in [3.05, 3.63) is 11.1 Å². The van der Waals surface area contributed by atoms with Crippen LogP contribution in [0.1, 0.15) is 139 Å². The van der Waals surface area contributed by atoms with Crippen LogP contribution in [0.3, 0.4) is 0 Å². The summed E-state index contributed by atoms with van der Waals surface area (Å²) in [4.78, 5) is 38.6. The van der Waals surface area contributed by atoms with Crippen LogP contribution < -0.4 is 5.32 Å². The SMILES string of the molecule is CC(C)C1=C2[C@H]3CCC4[C@@]5(C)CC[C@H](OC(=O)CC(C)(C)C(=O)O)C(C)(C)C5CC[C@@]4(C)[C@]3(C)CC[C@@]2([C@H](O)CNC2CC2)CC1=O. The molecular weight excluding hydrogens is 590 g/mol. The number of carboxylic acids is 1. The predicted molar refractivity (Wildman–Crippen MR) is 182 cm³/mol. The maximum absolute atomic E-state index is 13.9. The molecule has 0 saturated heterocycles. The van der Waals surface area contributed by atoms with E-state index in [-0.39, 0.29) is 45.9 Å². The highest BCUT2D eigenvalue weighted by Gasteiger charge is 2.70. The summed E-state index contributed by atoms with van der Waals surface area (Å²) in [7, 11) is 0. The maximum Gasteiger partial charge on any atom is 0.309 e. The zero-order valence-electron chi connectivity index (χ0n) is 30.8. The second-order valence-corrected chi connectivity index (χ2v) is 19.3. The quantitative estimate of drug-likeness (QED) is 0.221. The molecule has 7 heteroatoms. The van der Waals surface area contributed by atoms with Gasteiger partial charge in [0.15, 0.2) is 5.78 Å². The van der Waals surface area contributed by atoms with Crippen molar-refractivity contribution >= 4 is 17.7 Å². The number of fused-ring (bicyclic) bond motifs is 7. The number of hydrogen-bond acceptors (Lipinski definition) is 6. The Morgan fingerprint density at radius 1 is 0.915 bits per heavy atom. The van der Waals surface area contributed by atoms with Crippen LogP contribution in [-0.2, 0) is 19.1 Å². The summed E-state index contributed by atoms with van der Waals surface area (Å²) < 4.78 is 6.15. The summed E-state index contributed by atoms with van der Waals surface area (Å²) >= 11 is 0. The molecule has 0 spiro atoms. The molecule has 0 aromatic carbocycles. The van der Waals surface area contributed by atoms with Crippen molar-refractivity contribution in [1.82, 2.24) is 5.32 Å². The standard InChI is InChI=1S/C40H63NO6/c1-23(2)32-26(42)20-40(29(43)22-41-24-10-11-24)19-18-38(8)25(33(32)40)12-13-28-37(7)16-15-30(47-31(44)21-35(3,4)34(45)46)36(5,6)27(37)14-17-39(28,38)9/h23-25,27-30,41,43H,10-22H2,1-9H3,(H,45,46)/t25-,27?,28?,29-,30+,37+,38-,39-,40+/m1/s1. The Balaban J connectivity index is 1.29. The molecule has 0 aromatic rings. The van der Waals surface area contributed by atoms with Gasteiger partial charge >= 0.3 is 11.9 Å². The second kappa shape index (κ2) is 11.4. The molecule has 7 nitrogen and oxygen atoms in total. The van der Waals surface area contributed by atoms with Crippen LogP contribution >= 0.6 is 0 Å². The number of carboxylic acid groups (broad SMARTS) is 1. The smallest absolute Gasteiger partial charge is 0.309 e. The number of Topliss-reactive ketones (excluding diaryl/α,β-unsaturated/α-hetero) is 1. The Kier molecular flexibility index (Phi) is 8.52. The minimum atomic E-state index is -1.15. The van der Waals surface area contributed by atoms with E-state index in [9.17, 15) is 24.6 Å². The zero-order valence-corrected chi connectivity index (χ0v) is 30.8. The van der Waals surface area contributed by atoms with E-state index >= 15 is 0 Å². The molecule has 0 bridgehead atoms. The largest absolute Gasteiger partial charge is 0.481 e. The van der Waals surface area contributed by atoms with Crippen LogP contribution in [0.4, 0.5) is 0 Å². The van der Waals surface area contributed by atoms with Crippen LogP contribution in [-0.4, -0.2) is 52.7 Å². The fraction of sp³-hybridized carbons (Fsp3) is 0.875. The van der Waals surface area contributed by atoms with Gasteiger partial charge < -0.3 is 20.3 Å². The van der Waals surface area contributed by atoms with Crippen molar-refractivity contribution < 1.29 is 29.3 Å². The summed E-state index contributed by atoms with van der Waals surface area (Å²) in [5.41, 5.74) is 0.778. The lowest BCUT2D eigenvalue weighted by Gasteiger charge is -2.72. The van der Waals surface area contributed by atoms with Crippen molar-refractivity contribution in [2.75, 3.05) is 6.54 Å². The molecule has 5 fully saturated rings. The molecule has 47 heavy (non-hydrogen) atoms. The highest BCUT2D eigenvalue weighted by Crippen LogP contribution is 2.77. The average molecular weight is 654 g/mol. The third-order valence-corrected chi connectivity index (χ3v) is 15.7. The van der Waals surface area contributed by atoms with Crippen molar-refractivity contribution in [2.45, 2.75) is 158 Å². The van der Waals surface area contributed by atoms with Crippen molar-refractivity contribution in [3.63, 3.8) is 0 Å². The zero-order chi connectivity index (χ0) is 34.5. The number of aliphatic hydroxyl groups excluding tert-OH is 1. The monoisotopic (exact) mass is 653 g/mol. The topological polar surface area (TPSA) is 113 Å². The normalized spacial score (nSPS) is 41.9. The van der Waals surface area contributed by atoms with Gasteiger partial charge in [-0.05, 0) is 124 Å². The van der Waals surface area contributed by atoms with Gasteiger partial charge in [-0.25, -0.2) is 0 Å². The van der Waals surface area contributed by atoms with Gasteiger partial charge in [0.25, 0.3) is 0 Å². The number of esters is 1. The molecule has 264 valence electrons. The molecule has 6 aliphatic rings. The number of aliphatic carboxylic acids is 1. The van der Waals surface area contributed by atoms with Crippen LogP contribution in [0.5, 0.6) is 0 Å².